The van der Waals surface area contributed by atoms with Gasteiger partial charge in [0.2, 0.25) is 0 Å². The fraction of sp³-hybridized carbons (Fsp3) is 0.296. The van der Waals surface area contributed by atoms with Gasteiger partial charge in [-0.1, -0.05) is 54.3 Å². The van der Waals surface area contributed by atoms with Gasteiger partial charge in [0.15, 0.2) is 6.04 Å². The third-order valence-electron chi connectivity index (χ3n) is 4.87. The Kier molecular flexibility index (Phi) is 8.94. The standard InChI is InChI=1S/C27H28ClN3O4/c1-8-19-14-10-11-15-20(19)23(24(32)30-22-17(3)13-12-16-21(22)28)31(9-2)25(33)18(4)29-26(34)35-27(5,6)7/h1-2,10-16,18,23H,3-7H3,(H,29,34)(H,30,32). The molecule has 2 aromatic carbocycles. The molecule has 35 heavy (non-hydrogen) atoms. The SMILES string of the molecule is C#Cc1ccccc1C(C(=O)Nc1c(C)cccc1Cl)N(C#C)C(=O)C(C)NC(=O)OC(C)(C)C. The Morgan fingerprint density at radius 2 is 1.74 bits per heavy atom. The van der Waals surface area contributed by atoms with Crippen molar-refractivity contribution in [2.45, 2.75) is 52.3 Å². The highest BCUT2D eigenvalue weighted by molar-refractivity contribution is 6.34. The van der Waals surface area contributed by atoms with Crippen LogP contribution in [-0.4, -0.2) is 34.5 Å². The number of carbonyl (C=O) groups is 3. The highest BCUT2D eigenvalue weighted by Gasteiger charge is 2.35. The van der Waals surface area contributed by atoms with Gasteiger partial charge in [0.1, 0.15) is 11.6 Å². The molecule has 0 spiro atoms. The van der Waals surface area contributed by atoms with E-state index in [-0.39, 0.29) is 0 Å². The molecule has 0 aliphatic carbocycles. The summed E-state index contributed by atoms with van der Waals surface area (Å²) in [6.45, 7) is 8.31. The predicted octanol–water partition coefficient (Wildman–Crippen LogP) is 4.64. The molecule has 2 aromatic rings. The summed E-state index contributed by atoms with van der Waals surface area (Å²) >= 11 is 6.29. The molecule has 2 atom stereocenters. The summed E-state index contributed by atoms with van der Waals surface area (Å²) in [6.07, 6.45) is 10.6. The predicted molar refractivity (Wildman–Crippen MR) is 136 cm³/mol. The number of ether oxygens (including phenoxy) is 1. The Balaban J connectivity index is 2.47. The summed E-state index contributed by atoms with van der Waals surface area (Å²) in [5.41, 5.74) is 1.05. The quantitative estimate of drug-likeness (QED) is 0.453. The minimum absolute atomic E-state index is 0.320. The Labute approximate surface area is 211 Å². The van der Waals surface area contributed by atoms with Crippen LogP contribution in [0.2, 0.25) is 5.02 Å². The number of amides is 3. The largest absolute Gasteiger partial charge is 0.444 e. The molecule has 0 saturated carbocycles. The van der Waals surface area contributed by atoms with E-state index < -0.39 is 35.6 Å². The summed E-state index contributed by atoms with van der Waals surface area (Å²) in [5.74, 6) is 1.19. The average Bonchev–Trinajstić information content (AvgIpc) is 2.78. The van der Waals surface area contributed by atoms with Gasteiger partial charge in [-0.3, -0.25) is 14.5 Å². The van der Waals surface area contributed by atoms with Gasteiger partial charge in [0, 0.05) is 17.2 Å². The van der Waals surface area contributed by atoms with Crippen LogP contribution in [0, 0.1) is 31.7 Å². The highest BCUT2D eigenvalue weighted by Crippen LogP contribution is 2.30. The lowest BCUT2D eigenvalue weighted by Crippen LogP contribution is -2.49. The zero-order chi connectivity index (χ0) is 26.3. The average molecular weight is 494 g/mol. The number of anilines is 1. The Morgan fingerprint density at radius 1 is 1.09 bits per heavy atom. The molecule has 0 aliphatic rings. The maximum absolute atomic E-state index is 13.6. The van der Waals surface area contributed by atoms with Crippen LogP contribution in [0.1, 0.15) is 50.4 Å². The van der Waals surface area contributed by atoms with E-state index in [1.54, 1.807) is 70.2 Å². The third kappa shape index (κ3) is 7.02. The van der Waals surface area contributed by atoms with Crippen molar-refractivity contribution in [3.63, 3.8) is 0 Å². The lowest BCUT2D eigenvalue weighted by Gasteiger charge is -2.30. The maximum Gasteiger partial charge on any atom is 0.408 e. The molecule has 0 bridgehead atoms. The van der Waals surface area contributed by atoms with Gasteiger partial charge in [-0.05, 0) is 52.3 Å². The number of rotatable bonds is 6. The van der Waals surface area contributed by atoms with Crippen molar-refractivity contribution in [3.05, 3.63) is 64.2 Å². The highest BCUT2D eigenvalue weighted by atomic mass is 35.5. The van der Waals surface area contributed by atoms with Crippen LogP contribution in [0.3, 0.4) is 0 Å². The second-order valence-electron chi connectivity index (χ2n) is 8.76. The number of hydrogen-bond acceptors (Lipinski definition) is 4. The van der Waals surface area contributed by atoms with Crippen molar-refractivity contribution in [2.75, 3.05) is 5.32 Å². The molecule has 0 radical (unpaired) electrons. The number of nitrogens with zero attached hydrogens (tertiary/aromatic N) is 1. The zero-order valence-electron chi connectivity index (χ0n) is 20.3. The first kappa shape index (κ1) is 27.3. The van der Waals surface area contributed by atoms with Crippen LogP contribution in [0.25, 0.3) is 0 Å². The molecular formula is C27H28ClN3O4. The molecule has 2 unspecified atom stereocenters. The fourth-order valence-electron chi connectivity index (χ4n) is 3.27. The van der Waals surface area contributed by atoms with Gasteiger partial charge in [0.05, 0.1) is 10.7 Å². The van der Waals surface area contributed by atoms with E-state index in [9.17, 15) is 14.4 Å². The molecule has 0 aliphatic heterocycles. The number of halogens is 1. The fourth-order valence-corrected chi connectivity index (χ4v) is 3.54. The molecule has 2 N–H and O–H groups in total. The van der Waals surface area contributed by atoms with Crippen molar-refractivity contribution in [1.29, 1.82) is 0 Å². The van der Waals surface area contributed by atoms with E-state index >= 15 is 0 Å². The summed E-state index contributed by atoms with van der Waals surface area (Å²) in [6, 6.07) is 11.7. The molecule has 8 heteroatoms. The number of benzene rings is 2. The van der Waals surface area contributed by atoms with Gasteiger partial charge in [-0.2, -0.15) is 0 Å². The summed E-state index contributed by atoms with van der Waals surface area (Å²) in [4.78, 5) is 40.0. The van der Waals surface area contributed by atoms with Crippen molar-refractivity contribution >= 4 is 35.2 Å². The molecule has 0 aromatic heterocycles. The van der Waals surface area contributed by atoms with E-state index in [0.717, 1.165) is 4.90 Å². The molecule has 2 rings (SSSR count). The van der Waals surface area contributed by atoms with Crippen molar-refractivity contribution < 1.29 is 19.1 Å². The first-order valence-electron chi connectivity index (χ1n) is 10.8. The minimum atomic E-state index is -1.31. The number of terminal acetylenes is 2. The molecule has 0 heterocycles. The van der Waals surface area contributed by atoms with Crippen LogP contribution in [0.15, 0.2) is 42.5 Å². The first-order chi connectivity index (χ1) is 16.4. The second kappa shape index (κ2) is 11.5. The molecule has 0 fully saturated rings. The zero-order valence-corrected chi connectivity index (χ0v) is 21.1. The Morgan fingerprint density at radius 3 is 2.31 bits per heavy atom. The second-order valence-corrected chi connectivity index (χ2v) is 9.17. The number of alkyl carbamates (subject to hydrolysis) is 1. The Hall–Kier alpha value is -3.94. The topological polar surface area (TPSA) is 87.7 Å². The third-order valence-corrected chi connectivity index (χ3v) is 5.18. The monoisotopic (exact) mass is 493 g/mol. The van der Waals surface area contributed by atoms with E-state index in [1.165, 1.54) is 6.92 Å². The van der Waals surface area contributed by atoms with Crippen molar-refractivity contribution in [3.8, 4) is 24.8 Å². The van der Waals surface area contributed by atoms with Gasteiger partial charge in [-0.15, -0.1) is 6.42 Å². The summed E-state index contributed by atoms with van der Waals surface area (Å²) in [5, 5.41) is 5.54. The number of aryl methyl sites for hydroxylation is 1. The van der Waals surface area contributed by atoms with Crippen LogP contribution >= 0.6 is 11.6 Å². The van der Waals surface area contributed by atoms with Gasteiger partial charge in [-0.25, -0.2) is 4.79 Å². The van der Waals surface area contributed by atoms with Crippen LogP contribution in [-0.2, 0) is 14.3 Å². The summed E-state index contributed by atoms with van der Waals surface area (Å²) in [7, 11) is 0. The Bertz CT molecular complexity index is 1180. The van der Waals surface area contributed by atoms with E-state index in [4.69, 9.17) is 29.2 Å². The molecule has 3 amide bonds. The van der Waals surface area contributed by atoms with Crippen molar-refractivity contribution in [1.82, 2.24) is 10.2 Å². The molecular weight excluding hydrogens is 466 g/mol. The van der Waals surface area contributed by atoms with Gasteiger partial charge in [0.25, 0.3) is 11.8 Å². The smallest absolute Gasteiger partial charge is 0.408 e. The number of hydrogen-bond donors (Lipinski definition) is 2. The first-order valence-corrected chi connectivity index (χ1v) is 11.2. The van der Waals surface area contributed by atoms with E-state index in [2.05, 4.69) is 22.6 Å². The molecule has 182 valence electrons. The number of nitrogens with one attached hydrogen (secondary N) is 2. The van der Waals surface area contributed by atoms with E-state index in [0.29, 0.717) is 27.4 Å². The maximum atomic E-state index is 13.6. The van der Waals surface area contributed by atoms with Crippen LogP contribution in [0.4, 0.5) is 10.5 Å². The molecule has 7 nitrogen and oxygen atoms in total. The summed E-state index contributed by atoms with van der Waals surface area (Å²) < 4.78 is 5.21. The van der Waals surface area contributed by atoms with Crippen LogP contribution < -0.4 is 10.6 Å². The number of para-hydroxylation sites is 1. The molecule has 0 saturated heterocycles. The van der Waals surface area contributed by atoms with Gasteiger partial charge < -0.3 is 15.4 Å². The van der Waals surface area contributed by atoms with Crippen LogP contribution in [0.5, 0.6) is 0 Å². The lowest BCUT2D eigenvalue weighted by molar-refractivity contribution is -0.136. The van der Waals surface area contributed by atoms with Crippen molar-refractivity contribution in [2.24, 2.45) is 0 Å². The normalized spacial score (nSPS) is 12.3. The van der Waals surface area contributed by atoms with Gasteiger partial charge >= 0.3 is 6.09 Å². The lowest BCUT2D eigenvalue weighted by atomic mass is 9.98. The minimum Gasteiger partial charge on any atom is -0.444 e. The number of carbonyl (C=O) groups excluding carboxylic acids is 3. The van der Waals surface area contributed by atoms with E-state index in [1.807, 2.05) is 0 Å².